The first-order valence-electron chi connectivity index (χ1n) is 5.96. The van der Waals surface area contributed by atoms with Crippen LogP contribution in [0.1, 0.15) is 18.3 Å². The van der Waals surface area contributed by atoms with Gasteiger partial charge in [-0.15, -0.1) is 0 Å². The van der Waals surface area contributed by atoms with Crippen LogP contribution in [0.5, 0.6) is 0 Å². The van der Waals surface area contributed by atoms with E-state index in [0.717, 1.165) is 5.56 Å². The van der Waals surface area contributed by atoms with Crippen molar-refractivity contribution in [3.05, 3.63) is 35.9 Å². The van der Waals surface area contributed by atoms with E-state index in [2.05, 4.69) is 0 Å². The SMILES string of the molecule is O[C@@H]1CCO[C@@H]2COC(c3ccccc3)O[C@H]12. The maximum Gasteiger partial charge on any atom is 0.184 e. The molecule has 17 heavy (non-hydrogen) atoms. The van der Waals surface area contributed by atoms with Crippen LogP contribution < -0.4 is 0 Å². The Bertz CT molecular complexity index is 367. The molecule has 4 heteroatoms. The molecule has 0 aromatic heterocycles. The molecule has 0 bridgehead atoms. The van der Waals surface area contributed by atoms with Gasteiger partial charge in [0, 0.05) is 12.2 Å². The molecule has 0 aliphatic carbocycles. The van der Waals surface area contributed by atoms with Gasteiger partial charge in [0.05, 0.1) is 12.7 Å². The molecule has 2 fully saturated rings. The Kier molecular flexibility index (Phi) is 3.11. The van der Waals surface area contributed by atoms with Crippen LogP contribution in [0.3, 0.4) is 0 Å². The van der Waals surface area contributed by atoms with Gasteiger partial charge in [0.25, 0.3) is 0 Å². The van der Waals surface area contributed by atoms with Gasteiger partial charge in [-0.05, 0) is 6.42 Å². The summed E-state index contributed by atoms with van der Waals surface area (Å²) in [6.45, 7) is 1.05. The number of hydrogen-bond donors (Lipinski definition) is 1. The van der Waals surface area contributed by atoms with Crippen molar-refractivity contribution in [3.8, 4) is 0 Å². The highest BCUT2D eigenvalue weighted by molar-refractivity contribution is 5.16. The lowest BCUT2D eigenvalue weighted by Gasteiger charge is -2.41. The molecule has 4 nitrogen and oxygen atoms in total. The summed E-state index contributed by atoms with van der Waals surface area (Å²) < 4.78 is 16.9. The average Bonchev–Trinajstić information content (AvgIpc) is 2.40. The summed E-state index contributed by atoms with van der Waals surface area (Å²) in [5.41, 5.74) is 0.976. The number of ether oxygens (including phenoxy) is 3. The molecule has 4 atom stereocenters. The van der Waals surface area contributed by atoms with Crippen molar-refractivity contribution < 1.29 is 19.3 Å². The summed E-state index contributed by atoms with van der Waals surface area (Å²) in [5.74, 6) is 0. The van der Waals surface area contributed by atoms with Crippen molar-refractivity contribution in [3.63, 3.8) is 0 Å². The van der Waals surface area contributed by atoms with Gasteiger partial charge in [-0.1, -0.05) is 30.3 Å². The molecule has 0 saturated carbocycles. The van der Waals surface area contributed by atoms with Gasteiger partial charge >= 0.3 is 0 Å². The molecule has 0 amide bonds. The van der Waals surface area contributed by atoms with Crippen LogP contribution in [-0.2, 0) is 14.2 Å². The molecule has 1 aromatic rings. The highest BCUT2D eigenvalue weighted by Crippen LogP contribution is 2.31. The molecule has 0 spiro atoms. The Morgan fingerprint density at radius 3 is 2.76 bits per heavy atom. The Morgan fingerprint density at radius 2 is 1.94 bits per heavy atom. The van der Waals surface area contributed by atoms with E-state index in [1.54, 1.807) is 0 Å². The summed E-state index contributed by atoms with van der Waals surface area (Å²) in [6, 6.07) is 9.76. The third-order valence-corrected chi connectivity index (χ3v) is 3.26. The van der Waals surface area contributed by atoms with Gasteiger partial charge in [0.15, 0.2) is 6.29 Å². The van der Waals surface area contributed by atoms with Crippen molar-refractivity contribution in [2.45, 2.75) is 31.0 Å². The average molecular weight is 236 g/mol. The third-order valence-electron chi connectivity index (χ3n) is 3.26. The number of hydrogen-bond acceptors (Lipinski definition) is 4. The van der Waals surface area contributed by atoms with Gasteiger partial charge in [0.2, 0.25) is 0 Å². The number of aliphatic hydroxyl groups excluding tert-OH is 1. The second-order valence-corrected chi connectivity index (χ2v) is 4.44. The molecule has 92 valence electrons. The normalized spacial score (nSPS) is 37.5. The van der Waals surface area contributed by atoms with Gasteiger partial charge in [-0.3, -0.25) is 0 Å². The van der Waals surface area contributed by atoms with Crippen LogP contribution in [0, 0.1) is 0 Å². The van der Waals surface area contributed by atoms with E-state index in [-0.39, 0.29) is 12.2 Å². The molecule has 1 N–H and O–H groups in total. The molecular weight excluding hydrogens is 220 g/mol. The Labute approximate surface area is 100 Å². The zero-order valence-corrected chi connectivity index (χ0v) is 9.49. The summed E-state index contributed by atoms with van der Waals surface area (Å²) in [7, 11) is 0. The van der Waals surface area contributed by atoms with E-state index in [1.807, 2.05) is 30.3 Å². The first-order valence-corrected chi connectivity index (χ1v) is 5.96. The molecule has 3 rings (SSSR count). The van der Waals surface area contributed by atoms with Crippen molar-refractivity contribution in [1.29, 1.82) is 0 Å². The van der Waals surface area contributed by atoms with Crippen LogP contribution in [0.2, 0.25) is 0 Å². The summed E-state index contributed by atoms with van der Waals surface area (Å²) in [5, 5.41) is 9.91. The second kappa shape index (κ2) is 4.74. The van der Waals surface area contributed by atoms with E-state index >= 15 is 0 Å². The Morgan fingerprint density at radius 1 is 1.12 bits per heavy atom. The van der Waals surface area contributed by atoms with Crippen molar-refractivity contribution in [2.24, 2.45) is 0 Å². The fourth-order valence-electron chi connectivity index (χ4n) is 2.32. The molecule has 1 aromatic carbocycles. The van der Waals surface area contributed by atoms with Gasteiger partial charge in [-0.25, -0.2) is 0 Å². The fourth-order valence-corrected chi connectivity index (χ4v) is 2.32. The molecule has 2 heterocycles. The lowest BCUT2D eigenvalue weighted by molar-refractivity contribution is -0.298. The quantitative estimate of drug-likeness (QED) is 0.797. The highest BCUT2D eigenvalue weighted by atomic mass is 16.7. The number of rotatable bonds is 1. The van der Waals surface area contributed by atoms with E-state index in [0.29, 0.717) is 19.6 Å². The Balaban J connectivity index is 1.74. The maximum atomic E-state index is 9.91. The zero-order valence-electron chi connectivity index (χ0n) is 9.49. The summed E-state index contributed by atoms with van der Waals surface area (Å²) in [4.78, 5) is 0. The topological polar surface area (TPSA) is 47.9 Å². The van der Waals surface area contributed by atoms with Crippen molar-refractivity contribution in [1.82, 2.24) is 0 Å². The number of aliphatic hydroxyl groups is 1. The van der Waals surface area contributed by atoms with Crippen LogP contribution in [0.25, 0.3) is 0 Å². The first-order chi connectivity index (χ1) is 8.34. The van der Waals surface area contributed by atoms with Crippen LogP contribution >= 0.6 is 0 Å². The predicted octanol–water partition coefficient (Wildman–Crippen LogP) is 1.25. The smallest absolute Gasteiger partial charge is 0.184 e. The van der Waals surface area contributed by atoms with Crippen molar-refractivity contribution in [2.75, 3.05) is 13.2 Å². The molecule has 2 aliphatic rings. The second-order valence-electron chi connectivity index (χ2n) is 4.44. The highest BCUT2D eigenvalue weighted by Gasteiger charge is 2.40. The predicted molar refractivity (Wildman–Crippen MR) is 60.4 cm³/mol. The number of benzene rings is 1. The van der Waals surface area contributed by atoms with Crippen LogP contribution in [0.15, 0.2) is 30.3 Å². The van der Waals surface area contributed by atoms with Gasteiger partial charge < -0.3 is 19.3 Å². The van der Waals surface area contributed by atoms with E-state index in [9.17, 15) is 5.11 Å². The molecule has 2 aliphatic heterocycles. The number of fused-ring (bicyclic) bond motifs is 1. The van der Waals surface area contributed by atoms with Gasteiger partial charge in [0.1, 0.15) is 12.2 Å². The Hall–Kier alpha value is -0.940. The molecular formula is C13H16O4. The van der Waals surface area contributed by atoms with E-state index in [4.69, 9.17) is 14.2 Å². The van der Waals surface area contributed by atoms with Crippen molar-refractivity contribution >= 4 is 0 Å². The lowest BCUT2D eigenvalue weighted by atomic mass is 10.0. The lowest BCUT2D eigenvalue weighted by Crippen LogP contribution is -2.52. The monoisotopic (exact) mass is 236 g/mol. The van der Waals surface area contributed by atoms with E-state index < -0.39 is 12.4 Å². The third kappa shape index (κ3) is 2.21. The minimum absolute atomic E-state index is 0.140. The minimum Gasteiger partial charge on any atom is -0.390 e. The maximum absolute atomic E-state index is 9.91. The molecule has 0 radical (unpaired) electrons. The van der Waals surface area contributed by atoms with Crippen LogP contribution in [-0.4, -0.2) is 36.6 Å². The molecule has 2 saturated heterocycles. The van der Waals surface area contributed by atoms with E-state index in [1.165, 1.54) is 0 Å². The fraction of sp³-hybridized carbons (Fsp3) is 0.538. The van der Waals surface area contributed by atoms with Gasteiger partial charge in [-0.2, -0.15) is 0 Å². The summed E-state index contributed by atoms with van der Waals surface area (Å²) in [6.07, 6.45) is -0.637. The summed E-state index contributed by atoms with van der Waals surface area (Å²) >= 11 is 0. The molecule has 1 unspecified atom stereocenters. The first kappa shape index (κ1) is 11.2. The zero-order chi connectivity index (χ0) is 11.7. The largest absolute Gasteiger partial charge is 0.390 e. The standard InChI is InChI=1S/C13H16O4/c14-10-6-7-15-11-8-16-13(17-12(10)11)9-4-2-1-3-5-9/h1-5,10-14H,6-8H2/t10-,11-,12-,13?/m1/s1. The minimum atomic E-state index is -0.455. The van der Waals surface area contributed by atoms with Crippen LogP contribution in [0.4, 0.5) is 0 Å².